The van der Waals surface area contributed by atoms with E-state index >= 15 is 0 Å². The Morgan fingerprint density at radius 1 is 0.765 bits per heavy atom. The van der Waals surface area contributed by atoms with Crippen LogP contribution in [0.1, 0.15) is 27.7 Å². The van der Waals surface area contributed by atoms with E-state index in [4.69, 9.17) is 24.4 Å². The largest absolute Gasteiger partial charge is 0.357 e. The molecule has 0 saturated heterocycles. The van der Waals surface area contributed by atoms with Crippen LogP contribution in [0.15, 0.2) is 0 Å². The molecule has 7 heteroatoms. The average molecular weight is 331 g/mol. The zero-order valence-electron chi connectivity index (χ0n) is 10.9. The Morgan fingerprint density at radius 2 is 1.00 bits per heavy atom. The van der Waals surface area contributed by atoms with Gasteiger partial charge in [0.05, 0.1) is 0 Å². The third-order valence-electron chi connectivity index (χ3n) is 2.23. The van der Waals surface area contributed by atoms with E-state index < -0.39 is 0 Å². The lowest BCUT2D eigenvalue weighted by Gasteiger charge is -2.23. The van der Waals surface area contributed by atoms with E-state index in [0.29, 0.717) is 0 Å². The highest BCUT2D eigenvalue weighted by molar-refractivity contribution is 8.89. The van der Waals surface area contributed by atoms with Crippen LogP contribution >= 0.6 is 59.5 Å². The molecule has 0 aliphatic rings. The molecule has 0 fully saturated rings. The fourth-order valence-electron chi connectivity index (χ4n) is 1.14. The van der Waals surface area contributed by atoms with Crippen LogP contribution in [-0.4, -0.2) is 44.6 Å². The van der Waals surface area contributed by atoms with E-state index in [2.05, 4.69) is 37.5 Å². The molecule has 0 N–H and O–H groups in total. The molecule has 0 atom stereocenters. The van der Waals surface area contributed by atoms with E-state index in [1.54, 1.807) is 21.6 Å². The zero-order chi connectivity index (χ0) is 12.6. The van der Waals surface area contributed by atoms with Crippen LogP contribution in [0, 0.1) is 0 Å². The molecule has 0 rings (SSSR count). The van der Waals surface area contributed by atoms with Gasteiger partial charge in [-0.05, 0) is 49.3 Å². The van der Waals surface area contributed by atoms with Crippen molar-refractivity contribution in [3.63, 3.8) is 0 Å². The summed E-state index contributed by atoms with van der Waals surface area (Å²) in [5.74, 6) is 0. The summed E-state index contributed by atoms with van der Waals surface area (Å²) < 4.78 is 1.84. The van der Waals surface area contributed by atoms with Crippen LogP contribution in [0.5, 0.6) is 0 Å². The zero-order valence-corrected chi connectivity index (χ0v) is 15.1. The van der Waals surface area contributed by atoms with Gasteiger partial charge in [-0.25, -0.2) is 0 Å². The molecule has 102 valence electrons. The summed E-state index contributed by atoms with van der Waals surface area (Å²) in [5.41, 5.74) is 0. The molecule has 0 radical (unpaired) electrons. The van der Waals surface area contributed by atoms with Crippen molar-refractivity contribution >= 4 is 68.2 Å². The van der Waals surface area contributed by atoms with E-state index in [1.807, 2.05) is 0 Å². The number of nitrogens with zero attached hydrogens (tertiary/aromatic N) is 2. The predicted molar refractivity (Wildman–Crippen MR) is 96.6 cm³/mol. The normalized spacial score (nSPS) is 9.41. The highest BCUT2D eigenvalue weighted by atomic mass is 33.1. The van der Waals surface area contributed by atoms with Gasteiger partial charge in [0.15, 0.2) is 0 Å². The summed E-state index contributed by atoms with van der Waals surface area (Å²) >= 11 is 10.7. The third-order valence-corrected chi connectivity index (χ3v) is 5.96. The van der Waals surface area contributed by atoms with E-state index in [-0.39, 0.29) is 13.5 Å². The van der Waals surface area contributed by atoms with E-state index in [0.717, 1.165) is 34.8 Å². The molecular formula is C10H22N2S5. The number of thiocarbonyl (C=S) groups is 2. The van der Waals surface area contributed by atoms with Gasteiger partial charge in [-0.2, -0.15) is 13.5 Å². The molecule has 0 aromatic carbocycles. The van der Waals surface area contributed by atoms with Gasteiger partial charge in [-0.3, -0.25) is 0 Å². The summed E-state index contributed by atoms with van der Waals surface area (Å²) in [5, 5.41) is 0. The van der Waals surface area contributed by atoms with Crippen molar-refractivity contribution in [2.24, 2.45) is 0 Å². The lowest BCUT2D eigenvalue weighted by atomic mass is 10.6. The number of rotatable bonds is 4. The van der Waals surface area contributed by atoms with Crippen LogP contribution in [0.25, 0.3) is 0 Å². The summed E-state index contributed by atoms with van der Waals surface area (Å²) in [6.07, 6.45) is 0. The predicted octanol–water partition coefficient (Wildman–Crippen LogP) is 3.73. The second-order valence-corrected chi connectivity index (χ2v) is 6.44. The smallest absolute Gasteiger partial charge is 0.147 e. The second-order valence-electron chi connectivity index (χ2n) is 3.04. The first-order valence-corrected chi connectivity index (χ1v) is 8.49. The molecular weight excluding hydrogens is 308 g/mol. The first kappa shape index (κ1) is 20.2. The Morgan fingerprint density at radius 3 is 1.18 bits per heavy atom. The van der Waals surface area contributed by atoms with Gasteiger partial charge in [0.2, 0.25) is 0 Å². The van der Waals surface area contributed by atoms with Crippen molar-refractivity contribution in [2.45, 2.75) is 27.7 Å². The van der Waals surface area contributed by atoms with Crippen molar-refractivity contribution in [3.8, 4) is 0 Å². The molecule has 0 saturated carbocycles. The molecule has 0 aromatic heterocycles. The maximum Gasteiger partial charge on any atom is 0.147 e. The summed E-state index contributed by atoms with van der Waals surface area (Å²) in [6, 6.07) is 0. The topological polar surface area (TPSA) is 6.48 Å². The Hall–Kier alpha value is 0.830. The van der Waals surface area contributed by atoms with Gasteiger partial charge in [-0.15, -0.1) is 0 Å². The lowest BCUT2D eigenvalue weighted by Crippen LogP contribution is -2.28. The number of hydrogen-bond donors (Lipinski definition) is 0. The molecule has 0 amide bonds. The van der Waals surface area contributed by atoms with Crippen LogP contribution in [-0.2, 0) is 0 Å². The quantitative estimate of drug-likeness (QED) is 0.568. The minimum Gasteiger partial charge on any atom is -0.357 e. The van der Waals surface area contributed by atoms with Gasteiger partial charge >= 0.3 is 0 Å². The summed E-state index contributed by atoms with van der Waals surface area (Å²) in [4.78, 5) is 4.33. The molecule has 2 nitrogen and oxygen atoms in total. The maximum absolute atomic E-state index is 5.34. The minimum atomic E-state index is 0. The van der Waals surface area contributed by atoms with Crippen molar-refractivity contribution in [3.05, 3.63) is 0 Å². The Labute approximate surface area is 131 Å². The molecule has 0 heterocycles. The first-order valence-electron chi connectivity index (χ1n) is 5.52. The van der Waals surface area contributed by atoms with Crippen LogP contribution in [0.4, 0.5) is 0 Å². The molecule has 0 aliphatic heterocycles. The molecule has 0 spiro atoms. The minimum absolute atomic E-state index is 0. The monoisotopic (exact) mass is 330 g/mol. The number of hydrogen-bond acceptors (Lipinski definition) is 4. The Kier molecular flexibility index (Phi) is 14.1. The maximum atomic E-state index is 5.34. The van der Waals surface area contributed by atoms with Crippen molar-refractivity contribution in [1.82, 2.24) is 9.80 Å². The molecule has 17 heavy (non-hydrogen) atoms. The van der Waals surface area contributed by atoms with E-state index in [1.165, 1.54) is 0 Å². The van der Waals surface area contributed by atoms with Gasteiger partial charge in [0, 0.05) is 26.2 Å². The first-order chi connectivity index (χ1) is 7.60. The fourth-order valence-corrected chi connectivity index (χ4v) is 4.20. The molecule has 0 aliphatic carbocycles. The molecule has 0 aromatic rings. The lowest BCUT2D eigenvalue weighted by molar-refractivity contribution is 0.482. The van der Waals surface area contributed by atoms with Gasteiger partial charge in [-0.1, -0.05) is 24.4 Å². The van der Waals surface area contributed by atoms with Crippen molar-refractivity contribution < 1.29 is 0 Å². The van der Waals surface area contributed by atoms with Gasteiger partial charge < -0.3 is 9.80 Å². The molecule has 0 unspecified atom stereocenters. The Bertz CT molecular complexity index is 203. The van der Waals surface area contributed by atoms with E-state index in [9.17, 15) is 0 Å². The highest BCUT2D eigenvalue weighted by Gasteiger charge is 2.11. The van der Waals surface area contributed by atoms with Gasteiger partial charge in [0.1, 0.15) is 8.64 Å². The van der Waals surface area contributed by atoms with Crippen molar-refractivity contribution in [2.75, 3.05) is 26.2 Å². The fraction of sp³-hybridized carbons (Fsp3) is 0.800. The second kappa shape index (κ2) is 11.9. The molecule has 0 bridgehead atoms. The van der Waals surface area contributed by atoms with Crippen molar-refractivity contribution in [1.29, 1.82) is 0 Å². The van der Waals surface area contributed by atoms with Gasteiger partial charge in [0.25, 0.3) is 0 Å². The third kappa shape index (κ3) is 7.77. The standard InChI is InChI=1S/C10H20N2S4.H2S/c1-5-11(6-2)9(13)15-16-10(14)12(7-3)8-4;/h5-8H2,1-4H3;1H2. The SMILES string of the molecule is CCN(CC)C(=S)SSC(=S)N(CC)CC.S. The van der Waals surface area contributed by atoms with Crippen LogP contribution in [0.3, 0.4) is 0 Å². The van der Waals surface area contributed by atoms with Crippen LogP contribution < -0.4 is 0 Å². The highest BCUT2D eigenvalue weighted by Crippen LogP contribution is 2.28. The summed E-state index contributed by atoms with van der Waals surface area (Å²) in [6.45, 7) is 12.3. The average Bonchev–Trinajstić information content (AvgIpc) is 2.29. The van der Waals surface area contributed by atoms with Crippen LogP contribution in [0.2, 0.25) is 0 Å². The summed E-state index contributed by atoms with van der Waals surface area (Å²) in [7, 11) is 3.18. The Balaban J connectivity index is 0.